The third-order valence-corrected chi connectivity index (χ3v) is 3.82. The molecule has 0 aliphatic heterocycles. The van der Waals surface area contributed by atoms with Crippen LogP contribution in [0.4, 0.5) is 24.9 Å². The van der Waals surface area contributed by atoms with Crippen LogP contribution in [0.2, 0.25) is 0 Å². The van der Waals surface area contributed by atoms with Crippen molar-refractivity contribution >= 4 is 17.5 Å². The van der Waals surface area contributed by atoms with Crippen LogP contribution in [-0.2, 0) is 17.4 Å². The Kier molecular flexibility index (Phi) is 6.64. The summed E-state index contributed by atoms with van der Waals surface area (Å²) in [5.74, 6) is -0.549. The first-order valence-corrected chi connectivity index (χ1v) is 8.71. The number of nitrogens with zero attached hydrogens (tertiary/aromatic N) is 3. The molecule has 7 nitrogen and oxygen atoms in total. The third-order valence-electron chi connectivity index (χ3n) is 3.82. The summed E-state index contributed by atoms with van der Waals surface area (Å²) in [6, 6.07) is 5.62. The number of anilines is 2. The van der Waals surface area contributed by atoms with Crippen LogP contribution in [0.25, 0.3) is 0 Å². The fourth-order valence-electron chi connectivity index (χ4n) is 2.47. The lowest BCUT2D eigenvalue weighted by atomic mass is 10.0. The van der Waals surface area contributed by atoms with Crippen molar-refractivity contribution in [3.63, 3.8) is 0 Å². The normalized spacial score (nSPS) is 12.3. The fourth-order valence-corrected chi connectivity index (χ4v) is 2.47. The standard InChI is InChI=1S/C19H20F3N5O2/c1-10(2)29-17-14(9-23)16(26-18(24)27-17)25-11(3)15(28)8-12-5-4-6-13(7-12)19(20,21)22/h4-7,10-11H,8H2,1-3H3,(H3,24,25,26,27)/t11-/m0/s1. The van der Waals surface area contributed by atoms with E-state index in [9.17, 15) is 23.2 Å². The number of ether oxygens (including phenoxy) is 1. The maximum Gasteiger partial charge on any atom is 0.416 e. The van der Waals surface area contributed by atoms with E-state index in [-0.39, 0.29) is 41.3 Å². The molecule has 0 spiro atoms. The molecule has 0 amide bonds. The molecule has 1 atom stereocenters. The average molecular weight is 407 g/mol. The number of halogens is 3. The molecule has 2 aromatic rings. The molecule has 0 saturated heterocycles. The second kappa shape index (κ2) is 8.77. The van der Waals surface area contributed by atoms with E-state index in [4.69, 9.17) is 10.5 Å². The minimum absolute atomic E-state index is 0.0144. The number of nitriles is 1. The number of nitrogen functional groups attached to an aromatic ring is 1. The molecule has 0 unspecified atom stereocenters. The Morgan fingerprint density at radius 2 is 2.00 bits per heavy atom. The summed E-state index contributed by atoms with van der Waals surface area (Å²) < 4.78 is 44.0. The molecule has 0 aliphatic rings. The topological polar surface area (TPSA) is 114 Å². The van der Waals surface area contributed by atoms with E-state index >= 15 is 0 Å². The molecular weight excluding hydrogens is 387 g/mol. The summed E-state index contributed by atoms with van der Waals surface area (Å²) in [5.41, 5.74) is 5.03. The van der Waals surface area contributed by atoms with Crippen molar-refractivity contribution in [3.05, 3.63) is 41.0 Å². The summed E-state index contributed by atoms with van der Waals surface area (Å²) in [6.45, 7) is 5.00. The van der Waals surface area contributed by atoms with Crippen molar-refractivity contribution in [2.75, 3.05) is 11.1 Å². The molecule has 0 aliphatic carbocycles. The number of ketones is 1. The number of rotatable bonds is 7. The summed E-state index contributed by atoms with van der Waals surface area (Å²) in [4.78, 5) is 20.3. The van der Waals surface area contributed by atoms with Gasteiger partial charge in [-0.2, -0.15) is 28.4 Å². The van der Waals surface area contributed by atoms with Crippen molar-refractivity contribution in [2.24, 2.45) is 0 Å². The van der Waals surface area contributed by atoms with Gasteiger partial charge in [0.25, 0.3) is 0 Å². The highest BCUT2D eigenvalue weighted by Gasteiger charge is 2.30. The molecule has 0 radical (unpaired) electrons. The number of hydrogen-bond donors (Lipinski definition) is 2. The van der Waals surface area contributed by atoms with Crippen LogP contribution in [0.15, 0.2) is 24.3 Å². The van der Waals surface area contributed by atoms with Crippen LogP contribution in [0.3, 0.4) is 0 Å². The molecule has 3 N–H and O–H groups in total. The lowest BCUT2D eigenvalue weighted by molar-refractivity contribution is -0.137. The average Bonchev–Trinajstić information content (AvgIpc) is 2.60. The zero-order valence-corrected chi connectivity index (χ0v) is 16.0. The number of benzene rings is 1. The first kappa shape index (κ1) is 21.9. The van der Waals surface area contributed by atoms with E-state index in [2.05, 4.69) is 15.3 Å². The summed E-state index contributed by atoms with van der Waals surface area (Å²) in [5, 5.41) is 12.2. The van der Waals surface area contributed by atoms with Gasteiger partial charge in [-0.1, -0.05) is 18.2 Å². The molecular formula is C19H20F3N5O2. The molecule has 29 heavy (non-hydrogen) atoms. The molecule has 1 aromatic carbocycles. The van der Waals surface area contributed by atoms with Crippen molar-refractivity contribution in [3.8, 4) is 11.9 Å². The quantitative estimate of drug-likeness (QED) is 0.723. The lowest BCUT2D eigenvalue weighted by Gasteiger charge is -2.17. The molecule has 10 heteroatoms. The van der Waals surface area contributed by atoms with Crippen LogP contribution >= 0.6 is 0 Å². The van der Waals surface area contributed by atoms with Crippen molar-refractivity contribution in [1.29, 1.82) is 5.26 Å². The van der Waals surface area contributed by atoms with E-state index in [1.807, 2.05) is 6.07 Å². The number of hydrogen-bond acceptors (Lipinski definition) is 7. The monoisotopic (exact) mass is 407 g/mol. The number of carbonyl (C=O) groups excluding carboxylic acids is 1. The Hall–Kier alpha value is -3.35. The van der Waals surface area contributed by atoms with Crippen molar-refractivity contribution < 1.29 is 22.7 Å². The molecule has 154 valence electrons. The van der Waals surface area contributed by atoms with Gasteiger partial charge in [0.1, 0.15) is 6.07 Å². The van der Waals surface area contributed by atoms with Gasteiger partial charge in [0.15, 0.2) is 17.2 Å². The van der Waals surface area contributed by atoms with Crippen LogP contribution in [0, 0.1) is 11.3 Å². The predicted molar refractivity (Wildman–Crippen MR) is 100 cm³/mol. The fraction of sp³-hybridized carbons (Fsp3) is 0.368. The highest BCUT2D eigenvalue weighted by atomic mass is 19.4. The van der Waals surface area contributed by atoms with Gasteiger partial charge < -0.3 is 15.8 Å². The zero-order valence-electron chi connectivity index (χ0n) is 16.0. The maximum absolute atomic E-state index is 12.8. The molecule has 1 aromatic heterocycles. The minimum atomic E-state index is -4.49. The Bertz CT molecular complexity index is 938. The second-order valence-corrected chi connectivity index (χ2v) is 6.60. The lowest BCUT2D eigenvalue weighted by Crippen LogP contribution is -2.29. The van der Waals surface area contributed by atoms with E-state index in [0.29, 0.717) is 0 Å². The third kappa shape index (κ3) is 5.81. The largest absolute Gasteiger partial charge is 0.474 e. The smallest absolute Gasteiger partial charge is 0.416 e. The minimum Gasteiger partial charge on any atom is -0.474 e. The van der Waals surface area contributed by atoms with Crippen LogP contribution in [0.5, 0.6) is 5.88 Å². The molecule has 0 saturated carbocycles. The number of Topliss-reactive ketones (excluding diaryl/α,β-unsaturated/α-hetero) is 1. The Labute approximate surface area is 165 Å². The van der Waals surface area contributed by atoms with E-state index in [1.165, 1.54) is 19.1 Å². The summed E-state index contributed by atoms with van der Waals surface area (Å²) in [7, 11) is 0. The number of aromatic nitrogens is 2. The summed E-state index contributed by atoms with van der Waals surface area (Å²) in [6.07, 6.45) is -4.99. The molecule has 0 fully saturated rings. The van der Waals surface area contributed by atoms with E-state index in [1.54, 1.807) is 13.8 Å². The van der Waals surface area contributed by atoms with E-state index < -0.39 is 23.6 Å². The van der Waals surface area contributed by atoms with Gasteiger partial charge in [-0.25, -0.2) is 0 Å². The first-order valence-electron chi connectivity index (χ1n) is 8.71. The van der Waals surface area contributed by atoms with Gasteiger partial charge in [0.05, 0.1) is 17.7 Å². The number of nitrogens with two attached hydrogens (primary N) is 1. The van der Waals surface area contributed by atoms with Crippen LogP contribution < -0.4 is 15.8 Å². The number of alkyl halides is 3. The molecule has 0 bridgehead atoms. The van der Waals surface area contributed by atoms with Gasteiger partial charge in [-0.3, -0.25) is 4.79 Å². The first-order chi connectivity index (χ1) is 13.5. The number of nitrogens with one attached hydrogen (secondary N) is 1. The van der Waals surface area contributed by atoms with Gasteiger partial charge in [-0.05, 0) is 32.4 Å². The SMILES string of the molecule is CC(C)Oc1nc(N)nc(N[C@@H](C)C(=O)Cc2cccc(C(F)(F)F)c2)c1C#N. The second-order valence-electron chi connectivity index (χ2n) is 6.60. The maximum atomic E-state index is 12.8. The molecule has 1 heterocycles. The molecule has 2 rings (SSSR count). The van der Waals surface area contributed by atoms with Crippen molar-refractivity contribution in [1.82, 2.24) is 9.97 Å². The van der Waals surface area contributed by atoms with Gasteiger partial charge in [-0.15, -0.1) is 0 Å². The summed E-state index contributed by atoms with van der Waals surface area (Å²) >= 11 is 0. The number of carbonyl (C=O) groups is 1. The predicted octanol–water partition coefficient (Wildman–Crippen LogP) is 3.35. The zero-order chi connectivity index (χ0) is 21.8. The van der Waals surface area contributed by atoms with Crippen LogP contribution in [-0.4, -0.2) is 27.9 Å². The highest BCUT2D eigenvalue weighted by Crippen LogP contribution is 2.30. The van der Waals surface area contributed by atoms with Crippen LogP contribution in [0.1, 0.15) is 37.5 Å². The highest BCUT2D eigenvalue weighted by molar-refractivity contribution is 5.88. The Balaban J connectivity index is 2.20. The Morgan fingerprint density at radius 1 is 1.31 bits per heavy atom. The Morgan fingerprint density at radius 3 is 2.59 bits per heavy atom. The van der Waals surface area contributed by atoms with Crippen molar-refractivity contribution in [2.45, 2.75) is 45.5 Å². The van der Waals surface area contributed by atoms with Gasteiger partial charge >= 0.3 is 6.18 Å². The van der Waals surface area contributed by atoms with Gasteiger partial charge in [0.2, 0.25) is 11.8 Å². The van der Waals surface area contributed by atoms with E-state index in [0.717, 1.165) is 12.1 Å². The van der Waals surface area contributed by atoms with Gasteiger partial charge in [0, 0.05) is 6.42 Å².